The Balaban J connectivity index is 3.43. The molecular formula is C12H18OS. The SMILES string of the molecule is CCSc1c(C)c(C)c(C)c(O)c1C. The van der Waals surface area contributed by atoms with Gasteiger partial charge >= 0.3 is 0 Å². The van der Waals surface area contributed by atoms with Crippen LogP contribution in [0.5, 0.6) is 5.75 Å². The number of rotatable bonds is 2. The number of aromatic hydroxyl groups is 1. The number of hydrogen-bond donors (Lipinski definition) is 1. The molecule has 0 aliphatic heterocycles. The highest BCUT2D eigenvalue weighted by molar-refractivity contribution is 7.99. The Kier molecular flexibility index (Phi) is 3.48. The maximum Gasteiger partial charge on any atom is 0.122 e. The molecule has 0 amide bonds. The summed E-state index contributed by atoms with van der Waals surface area (Å²) in [6.45, 7) is 10.3. The van der Waals surface area contributed by atoms with Crippen molar-refractivity contribution in [1.29, 1.82) is 0 Å². The summed E-state index contributed by atoms with van der Waals surface area (Å²) in [7, 11) is 0. The van der Waals surface area contributed by atoms with Crippen molar-refractivity contribution >= 4 is 11.8 Å². The molecule has 2 heteroatoms. The molecule has 0 spiro atoms. The third-order valence-corrected chi connectivity index (χ3v) is 3.99. The fraction of sp³-hybridized carbons (Fsp3) is 0.500. The molecule has 0 fully saturated rings. The molecule has 0 atom stereocenters. The van der Waals surface area contributed by atoms with Crippen molar-refractivity contribution in [1.82, 2.24) is 0 Å². The summed E-state index contributed by atoms with van der Waals surface area (Å²) in [4.78, 5) is 1.24. The predicted molar refractivity (Wildman–Crippen MR) is 63.5 cm³/mol. The summed E-state index contributed by atoms with van der Waals surface area (Å²) in [6, 6.07) is 0. The Morgan fingerprint density at radius 1 is 0.929 bits per heavy atom. The highest BCUT2D eigenvalue weighted by Gasteiger charge is 2.13. The summed E-state index contributed by atoms with van der Waals surface area (Å²) in [5, 5.41) is 9.91. The molecule has 1 N–H and O–H groups in total. The van der Waals surface area contributed by atoms with Gasteiger partial charge in [-0.25, -0.2) is 0 Å². The zero-order chi connectivity index (χ0) is 10.9. The van der Waals surface area contributed by atoms with Gasteiger partial charge in [0.05, 0.1) is 0 Å². The van der Waals surface area contributed by atoms with Crippen LogP contribution in [-0.4, -0.2) is 10.9 Å². The molecule has 1 nitrogen and oxygen atoms in total. The Labute approximate surface area is 90.5 Å². The van der Waals surface area contributed by atoms with E-state index in [1.807, 2.05) is 13.8 Å². The van der Waals surface area contributed by atoms with Gasteiger partial charge in [-0.1, -0.05) is 6.92 Å². The first-order chi connectivity index (χ1) is 6.50. The van der Waals surface area contributed by atoms with E-state index in [9.17, 15) is 5.11 Å². The van der Waals surface area contributed by atoms with Crippen LogP contribution in [0.4, 0.5) is 0 Å². The van der Waals surface area contributed by atoms with E-state index in [1.54, 1.807) is 11.8 Å². The molecule has 0 aliphatic carbocycles. The molecule has 0 unspecified atom stereocenters. The van der Waals surface area contributed by atoms with E-state index >= 15 is 0 Å². The van der Waals surface area contributed by atoms with E-state index in [0.29, 0.717) is 5.75 Å². The molecule has 78 valence electrons. The highest BCUT2D eigenvalue weighted by atomic mass is 32.2. The van der Waals surface area contributed by atoms with Gasteiger partial charge in [0.1, 0.15) is 5.75 Å². The molecule has 0 radical (unpaired) electrons. The summed E-state index contributed by atoms with van der Waals surface area (Å²) in [6.07, 6.45) is 0. The minimum Gasteiger partial charge on any atom is -0.507 e. The van der Waals surface area contributed by atoms with Crippen LogP contribution in [-0.2, 0) is 0 Å². The van der Waals surface area contributed by atoms with Gasteiger partial charge in [0.25, 0.3) is 0 Å². The van der Waals surface area contributed by atoms with E-state index in [0.717, 1.165) is 16.9 Å². The first-order valence-electron chi connectivity index (χ1n) is 4.92. The standard InChI is InChI=1S/C12H18OS/c1-6-14-12-9(4)7(2)8(3)11(13)10(12)5/h13H,6H2,1-5H3. The highest BCUT2D eigenvalue weighted by Crippen LogP contribution is 2.36. The second-order valence-electron chi connectivity index (χ2n) is 3.61. The number of phenols is 1. The van der Waals surface area contributed by atoms with Crippen molar-refractivity contribution in [2.45, 2.75) is 39.5 Å². The Morgan fingerprint density at radius 2 is 1.50 bits per heavy atom. The molecular weight excluding hydrogens is 192 g/mol. The normalized spacial score (nSPS) is 10.6. The number of hydrogen-bond acceptors (Lipinski definition) is 2. The summed E-state index contributed by atoms with van der Waals surface area (Å²) in [5.41, 5.74) is 4.56. The summed E-state index contributed by atoms with van der Waals surface area (Å²) < 4.78 is 0. The largest absolute Gasteiger partial charge is 0.507 e. The fourth-order valence-electron chi connectivity index (χ4n) is 1.66. The zero-order valence-electron chi connectivity index (χ0n) is 9.56. The lowest BCUT2D eigenvalue weighted by Gasteiger charge is -2.16. The Hall–Kier alpha value is -0.630. The van der Waals surface area contributed by atoms with Crippen LogP contribution in [0.2, 0.25) is 0 Å². The van der Waals surface area contributed by atoms with Crippen molar-refractivity contribution in [3.63, 3.8) is 0 Å². The molecule has 0 saturated carbocycles. The van der Waals surface area contributed by atoms with Gasteiger partial charge in [-0.3, -0.25) is 0 Å². The third kappa shape index (κ3) is 1.76. The average molecular weight is 210 g/mol. The number of benzene rings is 1. The Morgan fingerprint density at radius 3 is 2.00 bits per heavy atom. The van der Waals surface area contributed by atoms with Gasteiger partial charge in [-0.15, -0.1) is 11.8 Å². The smallest absolute Gasteiger partial charge is 0.122 e. The average Bonchev–Trinajstić information content (AvgIpc) is 2.19. The minimum absolute atomic E-state index is 0.462. The van der Waals surface area contributed by atoms with E-state index in [2.05, 4.69) is 20.8 Å². The van der Waals surface area contributed by atoms with Gasteiger partial charge in [0.2, 0.25) is 0 Å². The molecule has 14 heavy (non-hydrogen) atoms. The molecule has 1 aromatic rings. The third-order valence-electron chi connectivity index (χ3n) is 2.81. The van der Waals surface area contributed by atoms with Crippen molar-refractivity contribution in [3.05, 3.63) is 22.3 Å². The van der Waals surface area contributed by atoms with E-state index in [1.165, 1.54) is 16.0 Å². The van der Waals surface area contributed by atoms with Crippen molar-refractivity contribution in [2.75, 3.05) is 5.75 Å². The Bertz CT molecular complexity index is 327. The van der Waals surface area contributed by atoms with Gasteiger partial charge in [0, 0.05) is 10.5 Å². The van der Waals surface area contributed by atoms with E-state index in [-0.39, 0.29) is 0 Å². The topological polar surface area (TPSA) is 20.2 Å². The zero-order valence-corrected chi connectivity index (χ0v) is 10.4. The molecule has 1 rings (SSSR count). The maximum absolute atomic E-state index is 9.91. The summed E-state index contributed by atoms with van der Waals surface area (Å²) >= 11 is 1.81. The second-order valence-corrected chi connectivity index (χ2v) is 4.89. The van der Waals surface area contributed by atoms with Crippen molar-refractivity contribution in [2.24, 2.45) is 0 Å². The number of phenolic OH excluding ortho intramolecular Hbond substituents is 1. The van der Waals surface area contributed by atoms with Crippen LogP contribution in [0.15, 0.2) is 4.90 Å². The quantitative estimate of drug-likeness (QED) is 0.750. The van der Waals surface area contributed by atoms with Gasteiger partial charge in [0.15, 0.2) is 0 Å². The van der Waals surface area contributed by atoms with E-state index in [4.69, 9.17) is 0 Å². The maximum atomic E-state index is 9.91. The van der Waals surface area contributed by atoms with Crippen LogP contribution in [0, 0.1) is 27.7 Å². The summed E-state index contributed by atoms with van der Waals surface area (Å²) in [5.74, 6) is 1.51. The van der Waals surface area contributed by atoms with E-state index < -0.39 is 0 Å². The van der Waals surface area contributed by atoms with Gasteiger partial charge in [-0.2, -0.15) is 0 Å². The lowest BCUT2D eigenvalue weighted by Crippen LogP contribution is -1.95. The first-order valence-corrected chi connectivity index (χ1v) is 5.91. The minimum atomic E-state index is 0.462. The van der Waals surface area contributed by atoms with Gasteiger partial charge < -0.3 is 5.11 Å². The molecule has 0 aromatic heterocycles. The first kappa shape index (κ1) is 11.4. The van der Waals surface area contributed by atoms with Crippen molar-refractivity contribution in [3.8, 4) is 5.75 Å². The lowest BCUT2D eigenvalue weighted by molar-refractivity contribution is 0.464. The predicted octanol–water partition coefficient (Wildman–Crippen LogP) is 3.74. The molecule has 0 bridgehead atoms. The van der Waals surface area contributed by atoms with Gasteiger partial charge in [-0.05, 0) is 50.1 Å². The molecule has 0 heterocycles. The van der Waals surface area contributed by atoms with Crippen LogP contribution < -0.4 is 0 Å². The van der Waals surface area contributed by atoms with Crippen LogP contribution in [0.1, 0.15) is 29.2 Å². The number of thioether (sulfide) groups is 1. The molecule has 0 saturated heterocycles. The fourth-order valence-corrected chi connectivity index (χ4v) is 2.63. The van der Waals surface area contributed by atoms with Crippen LogP contribution in [0.3, 0.4) is 0 Å². The van der Waals surface area contributed by atoms with Crippen LogP contribution >= 0.6 is 11.8 Å². The molecule has 0 aliphatic rings. The monoisotopic (exact) mass is 210 g/mol. The van der Waals surface area contributed by atoms with Crippen LogP contribution in [0.25, 0.3) is 0 Å². The molecule has 1 aromatic carbocycles. The van der Waals surface area contributed by atoms with Crippen molar-refractivity contribution < 1.29 is 5.11 Å². The lowest BCUT2D eigenvalue weighted by atomic mass is 9.99. The second kappa shape index (κ2) is 4.26.